The van der Waals surface area contributed by atoms with Crippen molar-refractivity contribution in [3.05, 3.63) is 23.9 Å². The van der Waals surface area contributed by atoms with Gasteiger partial charge in [-0.05, 0) is 41.9 Å². The van der Waals surface area contributed by atoms with Gasteiger partial charge in [0.05, 0.1) is 17.3 Å². The Morgan fingerprint density at radius 3 is 2.31 bits per heavy atom. The molecule has 10 nitrogen and oxygen atoms in total. The summed E-state index contributed by atoms with van der Waals surface area (Å²) in [6.45, 7) is 0.538. The Kier molecular flexibility index (Phi) is 8.23. The number of pyridine rings is 1. The van der Waals surface area contributed by atoms with E-state index in [9.17, 15) is 25.3 Å². The summed E-state index contributed by atoms with van der Waals surface area (Å²) in [4.78, 5) is 4.05. The molecule has 1 aromatic heterocycles. The van der Waals surface area contributed by atoms with Crippen LogP contribution >= 0.6 is 0 Å². The van der Waals surface area contributed by atoms with Crippen LogP contribution in [-0.4, -0.2) is 82.3 Å². The summed E-state index contributed by atoms with van der Waals surface area (Å²) >= 11 is 0. The molecule has 1 unspecified atom stereocenters. The first-order chi connectivity index (χ1) is 16.5. The van der Waals surface area contributed by atoms with Gasteiger partial charge in [0, 0.05) is 38.9 Å². The fraction of sp³-hybridized carbons (Fsp3) is 0.773. The van der Waals surface area contributed by atoms with Crippen LogP contribution in [0.2, 0.25) is 0 Å². The molecule has 1 aromatic rings. The average molecular weight is 549 g/mol. The minimum Gasteiger partial charge on any atom is -0.326 e. The zero-order valence-corrected chi connectivity index (χ0v) is 22.4. The van der Waals surface area contributed by atoms with Crippen molar-refractivity contribution in [2.24, 2.45) is 23.5 Å². The van der Waals surface area contributed by atoms with Crippen molar-refractivity contribution >= 4 is 29.9 Å². The minimum atomic E-state index is -3.90. The zero-order valence-electron chi connectivity index (χ0n) is 20.0. The van der Waals surface area contributed by atoms with Crippen LogP contribution in [0.5, 0.6) is 0 Å². The first-order valence-corrected chi connectivity index (χ1v) is 17.2. The average Bonchev–Trinajstić information content (AvgIpc) is 2.84. The predicted octanol–water partition coefficient (Wildman–Crippen LogP) is 0.808. The first kappa shape index (κ1) is 26.9. The normalized spacial score (nSPS) is 27.6. The molecule has 4 rings (SSSR count). The second kappa shape index (κ2) is 10.7. The number of nitrogens with two attached hydrogens (primary N) is 1. The van der Waals surface area contributed by atoms with E-state index >= 15 is 0 Å². The highest BCUT2D eigenvalue weighted by molar-refractivity contribution is 7.92. The summed E-state index contributed by atoms with van der Waals surface area (Å²) in [5, 5.41) is -0.0316. The van der Waals surface area contributed by atoms with Crippen LogP contribution in [-0.2, 0) is 36.4 Å². The Morgan fingerprint density at radius 2 is 1.66 bits per heavy atom. The van der Waals surface area contributed by atoms with Crippen LogP contribution in [0, 0.1) is 17.8 Å². The molecule has 2 N–H and O–H groups in total. The molecule has 3 heterocycles. The van der Waals surface area contributed by atoms with Gasteiger partial charge >= 0.3 is 0 Å². The minimum absolute atomic E-state index is 0.0316. The third kappa shape index (κ3) is 6.42. The molecule has 3 aliphatic rings. The SMILES string of the molecule is NCc1ccnc(S(=O)(=O)C[C@@H]2CC(C3CCCCC3)CN(S(=O)(=O)N3CCS(=O)(=O)CC3)C2)c1. The molecule has 198 valence electrons. The number of hydrogen-bond donors (Lipinski definition) is 1. The molecular formula is C22H36N4O6S3. The van der Waals surface area contributed by atoms with Gasteiger partial charge in [0.2, 0.25) is 0 Å². The third-order valence-electron chi connectivity index (χ3n) is 7.62. The van der Waals surface area contributed by atoms with Gasteiger partial charge in [-0.3, -0.25) is 0 Å². The quantitative estimate of drug-likeness (QED) is 0.526. The Balaban J connectivity index is 1.57. The summed E-state index contributed by atoms with van der Waals surface area (Å²) in [5.41, 5.74) is 6.34. The summed E-state index contributed by atoms with van der Waals surface area (Å²) < 4.78 is 79.8. The molecule has 0 radical (unpaired) electrons. The van der Waals surface area contributed by atoms with E-state index in [2.05, 4.69) is 4.98 Å². The zero-order chi connectivity index (χ0) is 25.3. The van der Waals surface area contributed by atoms with Crippen molar-refractivity contribution in [1.29, 1.82) is 0 Å². The molecule has 0 bridgehead atoms. The summed E-state index contributed by atoms with van der Waals surface area (Å²) in [6.07, 6.45) is 7.53. The number of rotatable bonds is 7. The van der Waals surface area contributed by atoms with E-state index in [0.29, 0.717) is 24.4 Å². The van der Waals surface area contributed by atoms with Crippen LogP contribution in [0.3, 0.4) is 0 Å². The standard InChI is InChI=1S/C22H36N4O6S3/c23-14-18-6-7-24-22(13-18)34(29,30)17-19-12-21(20-4-2-1-3-5-20)16-26(15-19)35(31,32)25-8-10-33(27,28)11-9-25/h6-7,13,19-21H,1-5,8-12,14-17,23H2/t19-,21?/m1/s1. The maximum atomic E-state index is 13.5. The summed E-state index contributed by atoms with van der Waals surface area (Å²) in [7, 11) is -10.9. The van der Waals surface area contributed by atoms with Crippen LogP contribution in [0.1, 0.15) is 44.1 Å². The molecule has 2 aliphatic heterocycles. The summed E-state index contributed by atoms with van der Waals surface area (Å²) in [6, 6.07) is 3.16. The van der Waals surface area contributed by atoms with Gasteiger partial charge in [0.1, 0.15) is 0 Å². The maximum absolute atomic E-state index is 13.5. The molecule has 1 aliphatic carbocycles. The molecule has 1 saturated carbocycles. The molecule has 2 atom stereocenters. The van der Waals surface area contributed by atoms with E-state index in [0.717, 1.165) is 25.7 Å². The fourth-order valence-corrected chi connectivity index (χ4v) is 10.5. The van der Waals surface area contributed by atoms with E-state index in [1.807, 2.05) is 0 Å². The van der Waals surface area contributed by atoms with Crippen molar-refractivity contribution in [1.82, 2.24) is 13.6 Å². The highest BCUT2D eigenvalue weighted by Gasteiger charge is 2.42. The van der Waals surface area contributed by atoms with Crippen LogP contribution in [0.4, 0.5) is 0 Å². The van der Waals surface area contributed by atoms with Crippen LogP contribution in [0.25, 0.3) is 0 Å². The van der Waals surface area contributed by atoms with Gasteiger partial charge in [0.25, 0.3) is 10.2 Å². The van der Waals surface area contributed by atoms with Gasteiger partial charge in [-0.1, -0.05) is 32.1 Å². The first-order valence-electron chi connectivity index (χ1n) is 12.3. The number of hydrogen-bond acceptors (Lipinski definition) is 8. The molecule has 2 saturated heterocycles. The van der Waals surface area contributed by atoms with Crippen molar-refractivity contribution in [3.8, 4) is 0 Å². The van der Waals surface area contributed by atoms with Gasteiger partial charge in [0.15, 0.2) is 24.7 Å². The molecule has 35 heavy (non-hydrogen) atoms. The van der Waals surface area contributed by atoms with Gasteiger partial charge in [-0.25, -0.2) is 21.8 Å². The summed E-state index contributed by atoms with van der Waals surface area (Å²) in [5.74, 6) is -0.478. The molecule has 13 heteroatoms. The molecule has 0 amide bonds. The molecule has 0 spiro atoms. The third-order valence-corrected chi connectivity index (χ3v) is 13.0. The Hall–Kier alpha value is -1.12. The maximum Gasteiger partial charge on any atom is 0.282 e. The topological polar surface area (TPSA) is 148 Å². The lowest BCUT2D eigenvalue weighted by molar-refractivity contribution is 0.128. The lowest BCUT2D eigenvalue weighted by Crippen LogP contribution is -2.55. The monoisotopic (exact) mass is 548 g/mol. The lowest BCUT2D eigenvalue weighted by atomic mass is 9.75. The van der Waals surface area contributed by atoms with Gasteiger partial charge in [-0.2, -0.15) is 17.0 Å². The van der Waals surface area contributed by atoms with E-state index < -0.39 is 29.9 Å². The lowest BCUT2D eigenvalue weighted by Gasteiger charge is -2.43. The van der Waals surface area contributed by atoms with Crippen molar-refractivity contribution in [2.45, 2.75) is 50.1 Å². The van der Waals surface area contributed by atoms with Crippen molar-refractivity contribution in [3.63, 3.8) is 0 Å². The molecule has 3 fully saturated rings. The van der Waals surface area contributed by atoms with Crippen molar-refractivity contribution < 1.29 is 25.3 Å². The van der Waals surface area contributed by atoms with E-state index in [-0.39, 0.29) is 60.3 Å². The van der Waals surface area contributed by atoms with E-state index in [4.69, 9.17) is 5.73 Å². The number of nitrogens with zero attached hydrogens (tertiary/aromatic N) is 3. The Morgan fingerprint density at radius 1 is 0.971 bits per heavy atom. The van der Waals surface area contributed by atoms with Gasteiger partial charge in [-0.15, -0.1) is 0 Å². The highest BCUT2D eigenvalue weighted by Crippen LogP contribution is 2.38. The Bertz CT molecular complexity index is 1200. The van der Waals surface area contributed by atoms with Gasteiger partial charge < -0.3 is 5.73 Å². The van der Waals surface area contributed by atoms with E-state index in [1.54, 1.807) is 6.07 Å². The van der Waals surface area contributed by atoms with Crippen molar-refractivity contribution in [2.75, 3.05) is 43.4 Å². The van der Waals surface area contributed by atoms with E-state index in [1.165, 1.54) is 27.3 Å². The number of sulfone groups is 2. The van der Waals surface area contributed by atoms with Crippen LogP contribution in [0.15, 0.2) is 23.4 Å². The highest BCUT2D eigenvalue weighted by atomic mass is 32.2. The smallest absolute Gasteiger partial charge is 0.282 e. The Labute approximate surface area is 209 Å². The predicted molar refractivity (Wildman–Crippen MR) is 133 cm³/mol. The number of aromatic nitrogens is 1. The second-order valence-electron chi connectivity index (χ2n) is 10.1. The molecular weight excluding hydrogens is 512 g/mol. The number of piperidine rings is 1. The van der Waals surface area contributed by atoms with Crippen LogP contribution < -0.4 is 5.73 Å². The molecule has 0 aromatic carbocycles. The fourth-order valence-electron chi connectivity index (χ4n) is 5.69. The largest absolute Gasteiger partial charge is 0.326 e. The second-order valence-corrected chi connectivity index (χ2v) is 16.3.